The summed E-state index contributed by atoms with van der Waals surface area (Å²) in [4.78, 5) is 24.4. The highest BCUT2D eigenvalue weighted by molar-refractivity contribution is 5.28. The Morgan fingerprint density at radius 1 is 0.774 bits per heavy atom. The van der Waals surface area contributed by atoms with E-state index in [0.717, 1.165) is 48.2 Å². The molecule has 0 aliphatic heterocycles. The second kappa shape index (κ2) is 8.96. The molecule has 5 heteroatoms. The molecule has 162 valence electrons. The number of hydrogen-bond acceptors (Lipinski definition) is 3. The van der Waals surface area contributed by atoms with Crippen LogP contribution < -0.4 is 15.6 Å². The molecule has 4 rings (SSSR count). The number of nitrogens with zero attached hydrogens (tertiary/aromatic N) is 2. The van der Waals surface area contributed by atoms with Crippen molar-refractivity contribution in [3.63, 3.8) is 0 Å². The smallest absolute Gasteiger partial charge is 0.223 e. The maximum atomic E-state index is 12.5. The number of aromatic nitrogens is 2. The van der Waals surface area contributed by atoms with Crippen LogP contribution in [0.2, 0.25) is 0 Å². The molecule has 0 N–H and O–H groups in total. The van der Waals surface area contributed by atoms with Gasteiger partial charge in [-0.15, -0.1) is 0 Å². The Balaban J connectivity index is 1.49. The van der Waals surface area contributed by atoms with Crippen LogP contribution in [0.5, 0.6) is 5.75 Å². The van der Waals surface area contributed by atoms with Gasteiger partial charge in [0.2, 0.25) is 5.43 Å². The maximum Gasteiger partial charge on any atom is 0.223 e. The van der Waals surface area contributed by atoms with Gasteiger partial charge < -0.3 is 13.9 Å². The highest BCUT2D eigenvalue weighted by Gasteiger charge is 2.25. The van der Waals surface area contributed by atoms with E-state index in [0.29, 0.717) is 24.4 Å². The topological polar surface area (TPSA) is 53.2 Å². The molecule has 0 atom stereocenters. The lowest BCUT2D eigenvalue weighted by atomic mass is 9.90. The average Bonchev–Trinajstić information content (AvgIpc) is 2.79. The van der Waals surface area contributed by atoms with Gasteiger partial charge in [-0.25, -0.2) is 0 Å². The number of pyridine rings is 2. The second-order valence-corrected chi connectivity index (χ2v) is 8.54. The Hall–Kier alpha value is -3.08. The quantitative estimate of drug-likeness (QED) is 0.594. The van der Waals surface area contributed by atoms with Crippen LogP contribution in [0.1, 0.15) is 60.3 Å². The first-order chi connectivity index (χ1) is 15.0. The van der Waals surface area contributed by atoms with Gasteiger partial charge in [0, 0.05) is 47.9 Å². The molecule has 1 aromatic carbocycles. The second-order valence-electron chi connectivity index (χ2n) is 8.54. The van der Waals surface area contributed by atoms with E-state index < -0.39 is 0 Å². The van der Waals surface area contributed by atoms with Gasteiger partial charge in [0.15, 0.2) is 11.2 Å². The van der Waals surface area contributed by atoms with Crippen LogP contribution in [-0.4, -0.2) is 9.13 Å². The summed E-state index contributed by atoms with van der Waals surface area (Å²) in [6, 6.07) is 14.0. The van der Waals surface area contributed by atoms with Crippen LogP contribution in [-0.2, 0) is 6.61 Å². The van der Waals surface area contributed by atoms with Crippen molar-refractivity contribution in [3.8, 4) is 5.75 Å². The zero-order valence-electron chi connectivity index (χ0n) is 18.5. The third-order valence-corrected chi connectivity index (χ3v) is 6.69. The Morgan fingerprint density at radius 3 is 1.94 bits per heavy atom. The molecule has 5 nitrogen and oxygen atoms in total. The lowest BCUT2D eigenvalue weighted by molar-refractivity contribution is 0.259. The fourth-order valence-electron chi connectivity index (χ4n) is 4.70. The first-order valence-corrected chi connectivity index (χ1v) is 11.0. The molecule has 0 bridgehead atoms. The molecule has 31 heavy (non-hydrogen) atoms. The zero-order chi connectivity index (χ0) is 22.0. The summed E-state index contributed by atoms with van der Waals surface area (Å²) in [5.41, 5.74) is 3.87. The fraction of sp³-hybridized carbons (Fsp3) is 0.385. The lowest BCUT2D eigenvalue weighted by Gasteiger charge is -2.34. The average molecular weight is 419 g/mol. The molecule has 3 aromatic rings. The van der Waals surface area contributed by atoms with Gasteiger partial charge in [-0.3, -0.25) is 9.59 Å². The normalized spacial score (nSPS) is 18.7. The molecule has 1 aliphatic rings. The molecular formula is C26H30N2O3. The van der Waals surface area contributed by atoms with Gasteiger partial charge in [-0.05, 0) is 52.0 Å². The molecule has 0 spiro atoms. The molecule has 0 saturated heterocycles. The van der Waals surface area contributed by atoms with E-state index in [1.165, 1.54) is 0 Å². The molecule has 0 radical (unpaired) electrons. The highest BCUT2D eigenvalue weighted by Crippen LogP contribution is 2.36. The zero-order valence-corrected chi connectivity index (χ0v) is 18.5. The summed E-state index contributed by atoms with van der Waals surface area (Å²) < 4.78 is 10.4. The van der Waals surface area contributed by atoms with Crippen LogP contribution in [0.25, 0.3) is 0 Å². The van der Waals surface area contributed by atoms with E-state index in [9.17, 15) is 9.59 Å². The van der Waals surface area contributed by atoms with E-state index in [1.807, 2.05) is 63.5 Å². The summed E-state index contributed by atoms with van der Waals surface area (Å²) in [5, 5.41) is 0. The fourth-order valence-corrected chi connectivity index (χ4v) is 4.70. The van der Waals surface area contributed by atoms with Crippen LogP contribution in [0, 0.1) is 20.8 Å². The molecular weight excluding hydrogens is 388 g/mol. The van der Waals surface area contributed by atoms with Crippen molar-refractivity contribution in [2.75, 3.05) is 0 Å². The van der Waals surface area contributed by atoms with E-state index in [2.05, 4.69) is 9.13 Å². The van der Waals surface area contributed by atoms with Gasteiger partial charge in [-0.1, -0.05) is 30.3 Å². The van der Waals surface area contributed by atoms with Crippen molar-refractivity contribution in [1.29, 1.82) is 0 Å². The van der Waals surface area contributed by atoms with Crippen molar-refractivity contribution in [2.45, 2.75) is 65.1 Å². The third kappa shape index (κ3) is 4.36. The molecule has 0 unspecified atom stereocenters. The Kier molecular flexibility index (Phi) is 6.12. The third-order valence-electron chi connectivity index (χ3n) is 6.69. The summed E-state index contributed by atoms with van der Waals surface area (Å²) in [6.07, 6.45) is 7.98. The van der Waals surface area contributed by atoms with Crippen LogP contribution in [0.4, 0.5) is 0 Å². The minimum Gasteiger partial charge on any atom is -0.483 e. The Bertz CT molecular complexity index is 1170. The molecule has 1 fully saturated rings. The largest absolute Gasteiger partial charge is 0.483 e. The summed E-state index contributed by atoms with van der Waals surface area (Å²) in [7, 11) is 0. The summed E-state index contributed by atoms with van der Waals surface area (Å²) in [5.74, 6) is 0.445. The molecule has 2 aromatic heterocycles. The highest BCUT2D eigenvalue weighted by atomic mass is 16.5. The van der Waals surface area contributed by atoms with Crippen molar-refractivity contribution >= 4 is 0 Å². The standard InChI is InChI=1S/C26H30N2O3/c1-18-19(2)27(15-13-24(18)29)22-9-11-23(12-10-22)28-16-14-25(30)26(20(28)3)31-17-21-7-5-4-6-8-21/h4-8,13-16,22-23H,9-12,17H2,1-3H3/t22-,23-. The lowest BCUT2D eigenvalue weighted by Crippen LogP contribution is -2.25. The van der Waals surface area contributed by atoms with E-state index >= 15 is 0 Å². The maximum absolute atomic E-state index is 12.5. The number of rotatable bonds is 5. The predicted octanol–water partition coefficient (Wildman–Crippen LogP) is 4.87. The number of ether oxygens (including phenoxy) is 1. The van der Waals surface area contributed by atoms with Gasteiger partial charge in [-0.2, -0.15) is 0 Å². The van der Waals surface area contributed by atoms with Crippen molar-refractivity contribution < 1.29 is 4.74 Å². The van der Waals surface area contributed by atoms with E-state index in [-0.39, 0.29) is 10.9 Å². The van der Waals surface area contributed by atoms with Gasteiger partial charge in [0.05, 0.1) is 5.69 Å². The Morgan fingerprint density at radius 2 is 1.32 bits per heavy atom. The van der Waals surface area contributed by atoms with Crippen molar-refractivity contribution in [1.82, 2.24) is 9.13 Å². The van der Waals surface area contributed by atoms with E-state index in [4.69, 9.17) is 4.74 Å². The predicted molar refractivity (Wildman–Crippen MR) is 123 cm³/mol. The summed E-state index contributed by atoms with van der Waals surface area (Å²) >= 11 is 0. The molecule has 0 amide bonds. The van der Waals surface area contributed by atoms with Gasteiger partial charge in [0.1, 0.15) is 6.61 Å². The van der Waals surface area contributed by atoms with Crippen molar-refractivity contribution in [3.05, 3.63) is 97.8 Å². The monoisotopic (exact) mass is 418 g/mol. The SMILES string of the molecule is Cc1c(C)n([C@H]2CC[C@H](n3ccc(=O)c(OCc4ccccc4)c3C)CC2)ccc1=O. The number of benzene rings is 1. The first-order valence-electron chi connectivity index (χ1n) is 11.0. The van der Waals surface area contributed by atoms with Crippen LogP contribution in [0.3, 0.4) is 0 Å². The number of hydrogen-bond donors (Lipinski definition) is 0. The van der Waals surface area contributed by atoms with Gasteiger partial charge in [0.25, 0.3) is 0 Å². The van der Waals surface area contributed by atoms with Crippen molar-refractivity contribution in [2.24, 2.45) is 0 Å². The Labute approximate surface area is 182 Å². The minimum atomic E-state index is -0.0716. The first kappa shape index (κ1) is 21.2. The van der Waals surface area contributed by atoms with Crippen LogP contribution >= 0.6 is 0 Å². The molecule has 1 aliphatic carbocycles. The van der Waals surface area contributed by atoms with Crippen LogP contribution in [0.15, 0.2) is 64.4 Å². The summed E-state index contributed by atoms with van der Waals surface area (Å²) in [6.45, 7) is 6.30. The molecule has 2 heterocycles. The molecule has 1 saturated carbocycles. The van der Waals surface area contributed by atoms with Gasteiger partial charge >= 0.3 is 0 Å². The van der Waals surface area contributed by atoms with E-state index in [1.54, 1.807) is 12.1 Å². The minimum absolute atomic E-state index is 0.0716.